The molecule has 0 heterocycles. The number of amides is 2. The van der Waals surface area contributed by atoms with Gasteiger partial charge in [-0.15, -0.1) is 0 Å². The Morgan fingerprint density at radius 1 is 1.00 bits per heavy atom. The fourth-order valence-electron chi connectivity index (χ4n) is 1.66. The Bertz CT molecular complexity index is 597. The van der Waals surface area contributed by atoms with E-state index in [4.69, 9.17) is 15.9 Å². The summed E-state index contributed by atoms with van der Waals surface area (Å²) in [5.74, 6) is -4.16. The molecule has 2 amide bonds. The van der Waals surface area contributed by atoms with Crippen molar-refractivity contribution in [1.29, 1.82) is 0 Å². The maximum absolute atomic E-state index is 12.0. The number of rotatable bonds is 7. The fourth-order valence-corrected chi connectivity index (χ4v) is 1.66. The summed E-state index contributed by atoms with van der Waals surface area (Å²) >= 11 is 0. The summed E-state index contributed by atoms with van der Waals surface area (Å²) < 4.78 is 0. The summed E-state index contributed by atoms with van der Waals surface area (Å²) in [5.41, 5.74) is 5.02. The van der Waals surface area contributed by atoms with Crippen LogP contribution in [0.5, 0.6) is 0 Å². The third-order valence-electron chi connectivity index (χ3n) is 2.69. The number of nitrogens with one attached hydrogen (secondary N) is 1. The molecule has 24 heavy (non-hydrogen) atoms. The first-order valence-corrected chi connectivity index (χ1v) is 5.97. The number of nitrogens with two attached hydrogens (primary N) is 1. The normalized spacial score (nSPS) is 10.0. The molecule has 1 aromatic rings. The van der Waals surface area contributed by atoms with E-state index in [0.29, 0.717) is 0 Å². The van der Waals surface area contributed by atoms with E-state index in [1.54, 1.807) is 0 Å². The van der Waals surface area contributed by atoms with Crippen LogP contribution in [0.1, 0.15) is 33.6 Å². The van der Waals surface area contributed by atoms with Gasteiger partial charge in [-0.25, -0.2) is 4.79 Å². The number of carbonyl (C=O) groups excluding carboxylic acids is 2. The van der Waals surface area contributed by atoms with Crippen molar-refractivity contribution in [2.45, 2.75) is 18.9 Å². The smallest absolute Gasteiger partial charge is 0.326 e. The van der Waals surface area contributed by atoms with Gasteiger partial charge in [-0.05, 0) is 18.6 Å². The van der Waals surface area contributed by atoms with Crippen LogP contribution in [0.15, 0.2) is 24.3 Å². The van der Waals surface area contributed by atoms with Crippen LogP contribution in [-0.2, 0) is 9.59 Å². The maximum Gasteiger partial charge on any atom is 0.326 e. The third kappa shape index (κ3) is 9.55. The third-order valence-corrected chi connectivity index (χ3v) is 2.69. The molecule has 0 aliphatic carbocycles. The summed E-state index contributed by atoms with van der Waals surface area (Å²) in [6.07, 6.45) is -0.677. The number of aliphatic carboxylic acids is 2. The molecule has 1 aromatic carbocycles. The van der Waals surface area contributed by atoms with Crippen molar-refractivity contribution in [2.24, 2.45) is 5.73 Å². The molecule has 1 rings (SSSR count). The second-order valence-corrected chi connectivity index (χ2v) is 4.21. The van der Waals surface area contributed by atoms with Crippen molar-refractivity contribution in [3.05, 3.63) is 35.4 Å². The molecule has 11 heteroatoms. The zero-order chi connectivity index (χ0) is 16.0. The van der Waals surface area contributed by atoms with E-state index in [-0.39, 0.29) is 106 Å². The van der Waals surface area contributed by atoms with Gasteiger partial charge in [0.25, 0.3) is 5.91 Å². The zero-order valence-electron chi connectivity index (χ0n) is 13.9. The van der Waals surface area contributed by atoms with Crippen LogP contribution in [0.3, 0.4) is 0 Å². The molecule has 0 bridgehead atoms. The van der Waals surface area contributed by atoms with E-state index >= 15 is 0 Å². The number of primary amides is 1. The van der Waals surface area contributed by atoms with E-state index in [1.807, 2.05) is 0 Å². The first-order valence-electron chi connectivity index (χ1n) is 5.97. The molecular formula is C13H14N2Na3O6. The van der Waals surface area contributed by atoms with E-state index in [2.05, 4.69) is 5.32 Å². The minimum atomic E-state index is -1.37. The number of hydrogen-bond acceptors (Lipinski definition) is 4. The van der Waals surface area contributed by atoms with Gasteiger partial charge >= 0.3 is 11.9 Å². The molecule has 5 N–H and O–H groups in total. The largest absolute Gasteiger partial charge is 0.481 e. The number of carboxylic acids is 2. The van der Waals surface area contributed by atoms with Gasteiger partial charge in [0.05, 0.1) is 11.1 Å². The number of hydrogen-bond donors (Lipinski definition) is 4. The van der Waals surface area contributed by atoms with Crippen LogP contribution in [0, 0.1) is 0 Å². The SMILES string of the molecule is NC(=O)c1ccccc1C(=O)N[C@@H](CCC(=O)O)C(=O)O.[Na].[Na].[Na]. The van der Waals surface area contributed by atoms with Gasteiger partial charge in [-0.2, -0.15) is 0 Å². The monoisotopic (exact) mass is 363 g/mol. The van der Waals surface area contributed by atoms with Crippen molar-refractivity contribution in [1.82, 2.24) is 5.32 Å². The molecule has 0 aromatic heterocycles. The quantitative estimate of drug-likeness (QED) is 0.442. The zero-order valence-corrected chi connectivity index (χ0v) is 19.9. The average molecular weight is 363 g/mol. The van der Waals surface area contributed by atoms with Crippen LogP contribution >= 0.6 is 0 Å². The first-order chi connectivity index (χ1) is 9.82. The standard InChI is InChI=1S/C13H14N2O6.3Na/c14-11(18)7-3-1-2-4-8(7)12(19)15-9(13(20)21)5-6-10(16)17;;;/h1-4,9H,5-6H2,(H2,14,18)(H,15,19)(H,16,17)(H,20,21);;;/t9-;;;/m0.../s1. The topological polar surface area (TPSA) is 147 Å². The van der Waals surface area contributed by atoms with Crippen LogP contribution in [0.25, 0.3) is 0 Å². The van der Waals surface area contributed by atoms with Gasteiger partial charge in [0.15, 0.2) is 0 Å². The van der Waals surface area contributed by atoms with Gasteiger partial charge in [0, 0.05) is 95.1 Å². The van der Waals surface area contributed by atoms with Crippen molar-refractivity contribution >= 4 is 112 Å². The van der Waals surface area contributed by atoms with Crippen LogP contribution in [0.4, 0.5) is 0 Å². The summed E-state index contributed by atoms with van der Waals surface area (Å²) in [6, 6.07) is 4.30. The molecular weight excluding hydrogens is 349 g/mol. The second-order valence-electron chi connectivity index (χ2n) is 4.21. The molecule has 0 aliphatic heterocycles. The van der Waals surface area contributed by atoms with Gasteiger partial charge in [0.2, 0.25) is 5.91 Å². The summed E-state index contributed by atoms with van der Waals surface area (Å²) in [7, 11) is 0. The Balaban J connectivity index is -0.00000147. The first kappa shape index (κ1) is 28.9. The summed E-state index contributed by atoms with van der Waals surface area (Å²) in [4.78, 5) is 44.7. The van der Waals surface area contributed by atoms with Crippen molar-refractivity contribution in [2.75, 3.05) is 0 Å². The Morgan fingerprint density at radius 3 is 1.92 bits per heavy atom. The fraction of sp³-hybridized carbons (Fsp3) is 0.231. The van der Waals surface area contributed by atoms with Crippen LogP contribution in [-0.4, -0.2) is 129 Å². The van der Waals surface area contributed by atoms with E-state index in [0.717, 1.165) is 0 Å². The van der Waals surface area contributed by atoms with Crippen LogP contribution in [0.2, 0.25) is 0 Å². The molecule has 0 aliphatic rings. The Morgan fingerprint density at radius 2 is 1.50 bits per heavy atom. The van der Waals surface area contributed by atoms with Crippen LogP contribution < -0.4 is 11.1 Å². The Hall–Kier alpha value is 0.1000. The van der Waals surface area contributed by atoms with Gasteiger partial charge in [-0.1, -0.05) is 12.1 Å². The molecule has 0 saturated carbocycles. The molecule has 8 nitrogen and oxygen atoms in total. The Labute approximate surface area is 204 Å². The summed E-state index contributed by atoms with van der Waals surface area (Å²) in [6.45, 7) is 0. The minimum absolute atomic E-state index is 0. The van der Waals surface area contributed by atoms with Crippen molar-refractivity contribution < 1.29 is 29.4 Å². The van der Waals surface area contributed by atoms with E-state index in [9.17, 15) is 19.2 Å². The molecule has 115 valence electrons. The molecule has 0 spiro atoms. The van der Waals surface area contributed by atoms with Gasteiger partial charge < -0.3 is 21.3 Å². The van der Waals surface area contributed by atoms with Gasteiger partial charge in [-0.3, -0.25) is 14.4 Å². The second kappa shape index (κ2) is 14.3. The average Bonchev–Trinajstić information content (AvgIpc) is 2.42. The predicted molar refractivity (Wildman–Crippen MR) is 88.0 cm³/mol. The molecule has 0 saturated heterocycles. The minimum Gasteiger partial charge on any atom is -0.481 e. The number of benzene rings is 1. The van der Waals surface area contributed by atoms with E-state index in [1.165, 1.54) is 24.3 Å². The summed E-state index contributed by atoms with van der Waals surface area (Å²) in [5, 5.41) is 19.7. The van der Waals surface area contributed by atoms with Gasteiger partial charge in [0.1, 0.15) is 6.04 Å². The van der Waals surface area contributed by atoms with Crippen molar-refractivity contribution in [3.63, 3.8) is 0 Å². The number of carbonyl (C=O) groups is 4. The predicted octanol–water partition coefficient (Wildman–Crippen LogP) is -1.31. The number of carboxylic acid groups (broad SMARTS) is 2. The molecule has 1 atom stereocenters. The van der Waals surface area contributed by atoms with Crippen molar-refractivity contribution in [3.8, 4) is 0 Å². The molecule has 3 radical (unpaired) electrons. The molecule has 0 unspecified atom stereocenters. The van der Waals surface area contributed by atoms with E-state index < -0.39 is 36.2 Å². The Kier molecular flexibility index (Phi) is 17.2. The maximum atomic E-state index is 12.0. The molecule has 0 fully saturated rings.